The largest absolute Gasteiger partial charge is 0 e. The van der Waals surface area contributed by atoms with Gasteiger partial charge in [-0.2, -0.15) is 0 Å². The second kappa shape index (κ2) is 31.1. The molecule has 11 atom stereocenters. The number of carbonyl (C=O) groups excluding carboxylic acids is 2. The molecule has 18 heteroatoms. The number of carbonyl (C=O) groups is 2. The first-order valence-corrected chi connectivity index (χ1v) is 36.4. The van der Waals surface area contributed by atoms with Crippen molar-refractivity contribution in [2.24, 2.45) is 39.9 Å². The molecule has 442 valence electrons. The molecule has 4 aliphatic carbocycles. The van der Waals surface area contributed by atoms with Crippen molar-refractivity contribution in [3.63, 3.8) is 0 Å². The summed E-state index contributed by atoms with van der Waals surface area (Å²) in [5.41, 5.74) is 0. The number of benzene rings is 4. The first kappa shape index (κ1) is 70.8. The molecule has 4 fully saturated rings. The molecule has 7 unspecified atom stereocenters. The molecule has 4 saturated carbocycles. The molecule has 8 rings (SSSR count). The van der Waals surface area contributed by atoms with Gasteiger partial charge in [0.05, 0.1) is 31.9 Å². The fourth-order valence-electron chi connectivity index (χ4n) is 12.0. The van der Waals surface area contributed by atoms with Crippen molar-refractivity contribution in [1.29, 1.82) is 0 Å². The van der Waals surface area contributed by atoms with E-state index in [1.54, 1.807) is 6.92 Å². The van der Waals surface area contributed by atoms with E-state index in [1.165, 1.54) is 20.7 Å². The zero-order chi connectivity index (χ0) is 58.6. The molecule has 0 heterocycles. The number of nitrogens with zero attached hydrogens (tertiary/aromatic N) is 1. The maximum Gasteiger partial charge on any atom is 0 e. The van der Waals surface area contributed by atoms with Crippen LogP contribution in [0.3, 0.4) is 0 Å². The molecule has 0 saturated heterocycles. The zero-order valence-electron chi connectivity index (χ0n) is 49.8. The van der Waals surface area contributed by atoms with E-state index in [4.69, 9.17) is 13.6 Å². The quantitative estimate of drug-likeness (QED) is 0.0339. The number of nitrogens with one attached hydrogen (secondary N) is 1. The van der Waals surface area contributed by atoms with Crippen LogP contribution in [0.2, 0.25) is 10.1 Å². The average molecular weight is 1350 g/mol. The van der Waals surface area contributed by atoms with Gasteiger partial charge in [-0.25, -0.2) is 0 Å². The number of ether oxygens (including phenoxy) is 2. The van der Waals surface area contributed by atoms with Crippen LogP contribution in [0.15, 0.2) is 126 Å². The number of hydrogen-bond acceptors (Lipinski definition) is 10. The van der Waals surface area contributed by atoms with Crippen molar-refractivity contribution in [3.8, 4) is 0 Å². The summed E-state index contributed by atoms with van der Waals surface area (Å²) in [5, 5.41) is 5.54. The van der Waals surface area contributed by atoms with E-state index in [0.717, 1.165) is 25.7 Å². The normalized spacial score (nSPS) is 23.4. The van der Waals surface area contributed by atoms with Crippen molar-refractivity contribution < 1.29 is 71.6 Å². The van der Waals surface area contributed by atoms with Gasteiger partial charge in [-0.1, -0.05) is 183 Å². The van der Waals surface area contributed by atoms with Gasteiger partial charge in [0.2, 0.25) is 0 Å². The van der Waals surface area contributed by atoms with Gasteiger partial charge in [-0.3, -0.25) is 9.59 Å². The molecule has 1 N–H and O–H groups in total. The minimum absolute atomic E-state index is 0. The summed E-state index contributed by atoms with van der Waals surface area (Å²) in [6, 6.07) is 43.3. The Morgan fingerprint density at radius 3 is 1.25 bits per heavy atom. The van der Waals surface area contributed by atoms with E-state index in [9.17, 15) is 18.7 Å². The molecule has 4 aliphatic rings. The number of rotatable bonds is 18. The van der Waals surface area contributed by atoms with Crippen LogP contribution in [0.1, 0.15) is 129 Å². The number of alkyl halides is 1. The maximum absolute atomic E-state index is 13.0. The van der Waals surface area contributed by atoms with Crippen LogP contribution < -0.4 is 25.5 Å². The van der Waals surface area contributed by atoms with Crippen molar-refractivity contribution in [3.05, 3.63) is 121 Å². The van der Waals surface area contributed by atoms with Gasteiger partial charge in [0.25, 0.3) is 16.6 Å². The summed E-state index contributed by atoms with van der Waals surface area (Å²) in [6.45, 7) is 30.2. The molecule has 0 radical (unpaired) electrons. The Hall–Kier alpha value is -1.66. The second-order valence-corrected chi connectivity index (χ2v) is 38.2. The van der Waals surface area contributed by atoms with Gasteiger partial charge in [0.15, 0.2) is 0 Å². The molecule has 10 nitrogen and oxygen atoms in total. The number of fused-ring (bicyclic) bond motifs is 2. The van der Waals surface area contributed by atoms with Crippen molar-refractivity contribution in [2.45, 2.75) is 167 Å². The van der Waals surface area contributed by atoms with Crippen molar-refractivity contribution in [1.82, 2.24) is 4.72 Å². The van der Waals surface area contributed by atoms with Crippen LogP contribution in [0.5, 0.6) is 0 Å². The SMILES string of the molecule is CC(C)(C)[S+]([O-])N=CC1[C@H]2CC(O[Si](c3ccccc3)(c3ccccc3)C(C)(C)C)C[C@@H]12.CCOC(=O)CBr.CCOC(=O)CC(N[S+]([O-])C(C)(C)C)C1[C@H]2CC(O[Si](c3ccccc3)(c3ccccc3)C(C)(C)C)C[C@@H]12.[Cl][Cu].[Zn]. The summed E-state index contributed by atoms with van der Waals surface area (Å²) < 4.78 is 56.7. The molecule has 0 amide bonds. The molecule has 0 aromatic heterocycles. The van der Waals surface area contributed by atoms with Gasteiger partial charge in [-0.05, 0) is 141 Å². The van der Waals surface area contributed by atoms with Gasteiger partial charge < -0.3 is 27.4 Å². The Kier molecular flexibility index (Phi) is 27.6. The number of hydrogen-bond donors (Lipinski definition) is 1. The van der Waals surface area contributed by atoms with Gasteiger partial charge in [0, 0.05) is 49.0 Å². The smallest absolute Gasteiger partial charge is 0 e. The van der Waals surface area contributed by atoms with Crippen LogP contribution in [0.4, 0.5) is 0 Å². The Balaban J connectivity index is 0.000000299. The van der Waals surface area contributed by atoms with Crippen LogP contribution >= 0.6 is 26.0 Å². The molecule has 0 spiro atoms. The van der Waals surface area contributed by atoms with Crippen LogP contribution in [0, 0.1) is 35.5 Å². The summed E-state index contributed by atoms with van der Waals surface area (Å²) >= 11 is 4.19. The molecular formula is C62H89BrClCuN2O8S2Si2Zn. The third-order valence-corrected chi connectivity index (χ3v) is 29.3. The van der Waals surface area contributed by atoms with Crippen LogP contribution in [-0.4, -0.2) is 90.2 Å². The van der Waals surface area contributed by atoms with E-state index < -0.39 is 44.1 Å². The Bertz CT molecular complexity index is 2430. The average Bonchev–Trinajstić information content (AvgIpc) is 4.19. The standard InChI is InChI=1S/C31H45NO4SSi.C27H37NO2SSi.C4H7BrO2.ClH.Cu.Zn/c1-8-35-28(33)21-27(32-37(34)30(2,3)4)29-25-19-22(20-26(25)29)36-38(31(5,6)7,23-15-11-9-12-16-23)24-17-13-10-14-18-24;1-26(2,3)31(29)28-19-25-23-17-20(18-24(23)25)30-32(27(4,5)6,21-13-9-7-10-14-21)22-15-11-8-12-16-22;1-2-7-4(6)3-5;;;/h9-18,22,25-27,29,32H,8,19-21H2,1-7H3;7-16,19-20,23-25H,17-18H2,1-6H3;2-3H2,1H3;1H;;/q;;;;+1;/p-1/t22?,25-,26+,27?,29?,37?;20?,23-,24+,25?,31?;;;;. The summed E-state index contributed by atoms with van der Waals surface area (Å²) in [6.07, 6.45) is 6.79. The first-order valence-electron chi connectivity index (χ1n) is 27.9. The third kappa shape index (κ3) is 18.0. The monoisotopic (exact) mass is 1350 g/mol. The van der Waals surface area contributed by atoms with Gasteiger partial charge in [0.1, 0.15) is 26.2 Å². The molecule has 4 aromatic rings. The Labute approximate surface area is 522 Å². The zero-order valence-corrected chi connectivity index (χ0v) is 59.7. The van der Waals surface area contributed by atoms with Gasteiger partial charge in [-0.15, -0.1) is 4.72 Å². The molecule has 0 bridgehead atoms. The van der Waals surface area contributed by atoms with Crippen LogP contribution in [-0.2, 0) is 85.2 Å². The Morgan fingerprint density at radius 1 is 0.625 bits per heavy atom. The van der Waals surface area contributed by atoms with Crippen molar-refractivity contribution >= 4 is 104 Å². The molecule has 4 aromatic carbocycles. The second-order valence-electron chi connectivity index (χ2n) is 25.2. The van der Waals surface area contributed by atoms with E-state index in [0.29, 0.717) is 54.1 Å². The fourth-order valence-corrected chi connectivity index (χ4v) is 23.0. The summed E-state index contributed by atoms with van der Waals surface area (Å²) in [7, 11) is -0.886. The predicted molar refractivity (Wildman–Crippen MR) is 333 cm³/mol. The molecule has 0 aliphatic heterocycles. The third-order valence-electron chi connectivity index (χ3n) is 15.7. The van der Waals surface area contributed by atoms with E-state index >= 15 is 0 Å². The van der Waals surface area contributed by atoms with Gasteiger partial charge >= 0.3 is 37.1 Å². The summed E-state index contributed by atoms with van der Waals surface area (Å²) in [4.78, 5) is 22.6. The van der Waals surface area contributed by atoms with E-state index in [2.05, 4.69) is 218 Å². The minimum Gasteiger partial charge on any atom is 0 e. The maximum atomic E-state index is 13.0. The Morgan fingerprint density at radius 2 is 0.963 bits per heavy atom. The predicted octanol–water partition coefficient (Wildman–Crippen LogP) is 11.7. The van der Waals surface area contributed by atoms with Crippen molar-refractivity contribution in [2.75, 3.05) is 18.5 Å². The fraction of sp³-hybridized carbons (Fsp3) is 0.565. The molecular weight excluding hydrogens is 1270 g/mol. The van der Waals surface area contributed by atoms with Crippen LogP contribution in [0.25, 0.3) is 0 Å². The summed E-state index contributed by atoms with van der Waals surface area (Å²) in [5.74, 6) is 2.57. The van der Waals surface area contributed by atoms with E-state index in [-0.39, 0.29) is 70.9 Å². The minimum atomic E-state index is -2.60. The van der Waals surface area contributed by atoms with E-state index in [1.807, 2.05) is 54.7 Å². The molecule has 80 heavy (non-hydrogen) atoms. The topological polar surface area (TPSA) is 142 Å². The number of halogens is 2. The first-order chi connectivity index (χ1) is 37.2. The number of esters is 2.